The van der Waals surface area contributed by atoms with Crippen molar-refractivity contribution in [1.82, 2.24) is 0 Å². The van der Waals surface area contributed by atoms with Gasteiger partial charge in [-0.05, 0) is 24.6 Å². The highest BCUT2D eigenvalue weighted by Gasteiger charge is 2.43. The van der Waals surface area contributed by atoms with E-state index in [1.807, 2.05) is 0 Å². The van der Waals surface area contributed by atoms with E-state index in [9.17, 15) is 35.4 Å². The molecule has 2 aliphatic heterocycles. The summed E-state index contributed by atoms with van der Waals surface area (Å²) in [5, 5.41) is 59.4. The van der Waals surface area contributed by atoms with Crippen LogP contribution in [0.1, 0.15) is 35.4 Å². The van der Waals surface area contributed by atoms with Crippen molar-refractivity contribution in [3.8, 4) is 28.7 Å². The van der Waals surface area contributed by atoms with Gasteiger partial charge >= 0.3 is 0 Å². The van der Waals surface area contributed by atoms with E-state index in [1.54, 1.807) is 0 Å². The number of ether oxygens (including phenoxy) is 3. The first-order chi connectivity index (χ1) is 14.7. The Morgan fingerprint density at radius 2 is 1.68 bits per heavy atom. The van der Waals surface area contributed by atoms with E-state index >= 15 is 0 Å². The lowest BCUT2D eigenvalue weighted by molar-refractivity contribution is -0.268. The molecule has 1 fully saturated rings. The van der Waals surface area contributed by atoms with Crippen molar-refractivity contribution >= 4 is 5.78 Å². The van der Waals surface area contributed by atoms with E-state index in [0.717, 1.165) is 6.07 Å². The van der Waals surface area contributed by atoms with Crippen LogP contribution in [0.2, 0.25) is 0 Å². The van der Waals surface area contributed by atoms with Gasteiger partial charge < -0.3 is 44.8 Å². The van der Waals surface area contributed by atoms with Crippen molar-refractivity contribution in [2.45, 2.75) is 50.2 Å². The minimum absolute atomic E-state index is 0.00177. The molecule has 2 aromatic rings. The molecule has 0 aliphatic carbocycles. The molecule has 2 heterocycles. The molecular formula is C21H22O10. The highest BCUT2D eigenvalue weighted by atomic mass is 16.7. The number of Topliss-reactive ketones (excluding diaryl/α,β-unsaturated/α-hetero) is 1. The molecule has 0 spiro atoms. The van der Waals surface area contributed by atoms with Gasteiger partial charge in [0.25, 0.3) is 0 Å². The standard InChI is InChI=1S/C21H22O10/c1-8-18(26)19(27)20(28)21(29-8)30-10-5-13(24)17-14(25)7-15(31-16(17)6-10)9-2-3-11(22)12(23)4-9/h2-6,8,15,18-24,26-28H,7H2,1H3/t8-,15-,18+,19+,20-,21+/m1/s1. The fourth-order valence-electron chi connectivity index (χ4n) is 3.65. The summed E-state index contributed by atoms with van der Waals surface area (Å²) < 4.78 is 16.8. The number of fused-ring (bicyclic) bond motifs is 1. The number of ketones is 1. The van der Waals surface area contributed by atoms with E-state index in [2.05, 4.69) is 0 Å². The molecule has 31 heavy (non-hydrogen) atoms. The Morgan fingerprint density at radius 3 is 2.39 bits per heavy atom. The second kappa shape index (κ2) is 7.89. The summed E-state index contributed by atoms with van der Waals surface area (Å²) in [7, 11) is 0. The highest BCUT2D eigenvalue weighted by Crippen LogP contribution is 2.43. The summed E-state index contributed by atoms with van der Waals surface area (Å²) in [6.45, 7) is 1.50. The molecule has 4 rings (SSSR count). The first-order valence-corrected chi connectivity index (χ1v) is 9.60. The van der Waals surface area contributed by atoms with Crippen LogP contribution in [0.4, 0.5) is 0 Å². The third kappa shape index (κ3) is 3.86. The van der Waals surface area contributed by atoms with Crippen LogP contribution in [-0.4, -0.2) is 67.1 Å². The van der Waals surface area contributed by atoms with E-state index in [0.29, 0.717) is 5.56 Å². The lowest BCUT2D eigenvalue weighted by Crippen LogP contribution is -2.58. The lowest BCUT2D eigenvalue weighted by atomic mass is 9.95. The van der Waals surface area contributed by atoms with Gasteiger partial charge in [0.1, 0.15) is 47.2 Å². The first-order valence-electron chi connectivity index (χ1n) is 9.60. The quantitative estimate of drug-likeness (QED) is 0.379. The maximum atomic E-state index is 12.6. The summed E-state index contributed by atoms with van der Waals surface area (Å²) in [6, 6.07) is 6.54. The van der Waals surface area contributed by atoms with Gasteiger partial charge in [-0.25, -0.2) is 0 Å². The average molecular weight is 434 g/mol. The van der Waals surface area contributed by atoms with Gasteiger partial charge in [-0.3, -0.25) is 4.79 Å². The van der Waals surface area contributed by atoms with E-state index in [1.165, 1.54) is 31.2 Å². The molecular weight excluding hydrogens is 412 g/mol. The van der Waals surface area contributed by atoms with Gasteiger partial charge in [0, 0.05) is 12.1 Å². The summed E-state index contributed by atoms with van der Waals surface area (Å²) in [4.78, 5) is 12.6. The van der Waals surface area contributed by atoms with Crippen LogP contribution in [0, 0.1) is 0 Å². The monoisotopic (exact) mass is 434 g/mol. The number of aliphatic hydroxyl groups excluding tert-OH is 3. The van der Waals surface area contributed by atoms with Crippen molar-refractivity contribution in [3.63, 3.8) is 0 Å². The van der Waals surface area contributed by atoms with Crippen LogP contribution in [0.15, 0.2) is 30.3 Å². The van der Waals surface area contributed by atoms with Crippen LogP contribution < -0.4 is 9.47 Å². The summed E-state index contributed by atoms with van der Waals surface area (Å²) >= 11 is 0. The van der Waals surface area contributed by atoms with Crippen molar-refractivity contribution in [1.29, 1.82) is 0 Å². The van der Waals surface area contributed by atoms with Crippen molar-refractivity contribution in [2.75, 3.05) is 0 Å². The second-order valence-corrected chi connectivity index (χ2v) is 7.60. The minimum Gasteiger partial charge on any atom is -0.507 e. The summed E-state index contributed by atoms with van der Waals surface area (Å²) in [6.07, 6.45) is -7.39. The zero-order valence-corrected chi connectivity index (χ0v) is 16.4. The predicted octanol–water partition coefficient (Wildman–Crippen LogP) is 0.716. The molecule has 2 aliphatic rings. The Bertz CT molecular complexity index is 1010. The fraction of sp³-hybridized carbons (Fsp3) is 0.381. The molecule has 10 heteroatoms. The Kier molecular flexibility index (Phi) is 5.40. The van der Waals surface area contributed by atoms with Crippen molar-refractivity contribution in [3.05, 3.63) is 41.5 Å². The summed E-state index contributed by atoms with van der Waals surface area (Å²) in [5.74, 6) is -1.46. The molecule has 2 aromatic carbocycles. The maximum absolute atomic E-state index is 12.6. The largest absolute Gasteiger partial charge is 0.507 e. The van der Waals surface area contributed by atoms with Gasteiger partial charge in [0.2, 0.25) is 6.29 Å². The van der Waals surface area contributed by atoms with Gasteiger partial charge in [-0.15, -0.1) is 0 Å². The molecule has 10 nitrogen and oxygen atoms in total. The van der Waals surface area contributed by atoms with Crippen molar-refractivity contribution in [2.24, 2.45) is 0 Å². The minimum atomic E-state index is -1.56. The molecule has 0 aromatic heterocycles. The molecule has 6 N–H and O–H groups in total. The molecule has 166 valence electrons. The van der Waals surface area contributed by atoms with Crippen LogP contribution in [0.25, 0.3) is 0 Å². The molecule has 0 unspecified atom stereocenters. The van der Waals surface area contributed by atoms with Crippen LogP contribution in [-0.2, 0) is 4.74 Å². The number of phenolic OH excluding ortho intramolecular Hbond substituents is 3. The molecule has 0 amide bonds. The Balaban J connectivity index is 1.61. The molecule has 1 saturated heterocycles. The maximum Gasteiger partial charge on any atom is 0.229 e. The Hall–Kier alpha value is -3.05. The summed E-state index contributed by atoms with van der Waals surface area (Å²) in [5.41, 5.74) is 0.401. The number of aromatic hydroxyl groups is 3. The molecule has 0 saturated carbocycles. The fourth-order valence-corrected chi connectivity index (χ4v) is 3.65. The normalized spacial score (nSPS) is 30.4. The van der Waals surface area contributed by atoms with Crippen molar-refractivity contribution < 1.29 is 49.6 Å². The third-order valence-corrected chi connectivity index (χ3v) is 5.41. The van der Waals surface area contributed by atoms with Gasteiger partial charge in [-0.1, -0.05) is 6.07 Å². The smallest absolute Gasteiger partial charge is 0.229 e. The average Bonchev–Trinajstić information content (AvgIpc) is 2.71. The predicted molar refractivity (Wildman–Crippen MR) is 103 cm³/mol. The molecule has 6 atom stereocenters. The highest BCUT2D eigenvalue weighted by molar-refractivity contribution is 6.02. The number of rotatable bonds is 3. The van der Waals surface area contributed by atoms with Gasteiger partial charge in [0.05, 0.1) is 12.5 Å². The number of carbonyl (C=O) groups is 1. The van der Waals surface area contributed by atoms with Crippen LogP contribution in [0.5, 0.6) is 28.7 Å². The van der Waals surface area contributed by atoms with E-state index < -0.39 is 48.3 Å². The Labute approximate surface area is 176 Å². The van der Waals surface area contributed by atoms with E-state index in [4.69, 9.17) is 14.2 Å². The number of benzene rings is 2. The number of carbonyl (C=O) groups excluding carboxylic acids is 1. The molecule has 0 radical (unpaired) electrons. The first kappa shape index (κ1) is 21.2. The Morgan fingerprint density at radius 1 is 0.935 bits per heavy atom. The van der Waals surface area contributed by atoms with Crippen LogP contribution in [0.3, 0.4) is 0 Å². The number of hydrogen-bond acceptors (Lipinski definition) is 10. The SMILES string of the molecule is C[C@H]1O[C@@H](Oc2cc(O)c3c(c2)O[C@@H](c2ccc(O)c(O)c2)CC3=O)[C@H](O)[C@@H](O)[C@H]1O. The number of phenols is 3. The zero-order chi connectivity index (χ0) is 22.4. The topological polar surface area (TPSA) is 166 Å². The lowest BCUT2D eigenvalue weighted by Gasteiger charge is -2.39. The van der Waals surface area contributed by atoms with Gasteiger partial charge in [-0.2, -0.15) is 0 Å². The van der Waals surface area contributed by atoms with E-state index in [-0.39, 0.29) is 35.0 Å². The third-order valence-electron chi connectivity index (χ3n) is 5.41. The number of hydrogen-bond donors (Lipinski definition) is 6. The second-order valence-electron chi connectivity index (χ2n) is 7.60. The number of aliphatic hydroxyl groups is 3. The van der Waals surface area contributed by atoms with Crippen LogP contribution >= 0.6 is 0 Å². The zero-order valence-electron chi connectivity index (χ0n) is 16.4. The molecule has 0 bridgehead atoms. The van der Waals surface area contributed by atoms with Gasteiger partial charge in [0.15, 0.2) is 17.3 Å².